The van der Waals surface area contributed by atoms with Crippen LogP contribution in [-0.4, -0.2) is 22.3 Å². The van der Waals surface area contributed by atoms with Gasteiger partial charge in [0.25, 0.3) is 0 Å². The number of halogens is 2. The molecule has 3 nitrogen and oxygen atoms in total. The van der Waals surface area contributed by atoms with Gasteiger partial charge >= 0.3 is 0 Å². The molecular weight excluding hydrogens is 399 g/mol. The normalized spacial score (nSPS) is 27.4. The van der Waals surface area contributed by atoms with Crippen molar-refractivity contribution in [2.45, 2.75) is 43.7 Å². The second kappa shape index (κ2) is 5.39. The van der Waals surface area contributed by atoms with Crippen LogP contribution in [0.4, 0.5) is 0 Å². The van der Waals surface area contributed by atoms with Gasteiger partial charge in [0.1, 0.15) is 5.82 Å². The van der Waals surface area contributed by atoms with Gasteiger partial charge in [-0.2, -0.15) is 0 Å². The Kier molecular flexibility index (Phi) is 3.66. The fourth-order valence-electron chi connectivity index (χ4n) is 3.47. The summed E-state index contributed by atoms with van der Waals surface area (Å²) in [6.45, 7) is 2.86. The maximum atomic E-state index is 6.41. The van der Waals surface area contributed by atoms with Crippen molar-refractivity contribution in [3.8, 4) is 0 Å². The van der Waals surface area contributed by atoms with Crippen molar-refractivity contribution in [2.24, 2.45) is 5.92 Å². The van der Waals surface area contributed by atoms with Gasteiger partial charge < -0.3 is 9.30 Å². The molecule has 0 N–H and O–H groups in total. The summed E-state index contributed by atoms with van der Waals surface area (Å²) >= 11 is 8.75. The Hall–Kier alpha value is -0.330. The summed E-state index contributed by atoms with van der Waals surface area (Å²) in [7, 11) is 0. The number of hydrogen-bond acceptors (Lipinski definition) is 2. The first kappa shape index (κ1) is 14.3. The van der Waals surface area contributed by atoms with E-state index in [1.165, 1.54) is 21.9 Å². The SMILES string of the molecule is CC(Cl)c1nc2cc(I)ccc2n1C1CCOC1C1CC1. The van der Waals surface area contributed by atoms with E-state index in [4.69, 9.17) is 21.3 Å². The lowest BCUT2D eigenvalue weighted by molar-refractivity contribution is 0.0753. The zero-order chi connectivity index (χ0) is 14.6. The molecule has 5 heteroatoms. The lowest BCUT2D eigenvalue weighted by Crippen LogP contribution is -2.23. The van der Waals surface area contributed by atoms with Crippen molar-refractivity contribution < 1.29 is 4.74 Å². The molecule has 3 unspecified atom stereocenters. The van der Waals surface area contributed by atoms with Crippen LogP contribution in [0, 0.1) is 9.49 Å². The largest absolute Gasteiger partial charge is 0.376 e. The summed E-state index contributed by atoms with van der Waals surface area (Å²) in [6.07, 6.45) is 4.01. The van der Waals surface area contributed by atoms with Gasteiger partial charge in [0, 0.05) is 10.2 Å². The minimum Gasteiger partial charge on any atom is -0.376 e. The predicted molar refractivity (Wildman–Crippen MR) is 92.8 cm³/mol. The van der Waals surface area contributed by atoms with Crippen LogP contribution in [0.3, 0.4) is 0 Å². The minimum absolute atomic E-state index is 0.0875. The third-order valence-corrected chi connectivity index (χ3v) is 5.42. The third kappa shape index (κ3) is 2.49. The molecule has 1 aliphatic carbocycles. The first-order valence-corrected chi connectivity index (χ1v) is 9.09. The molecule has 0 radical (unpaired) electrons. The summed E-state index contributed by atoms with van der Waals surface area (Å²) in [6, 6.07) is 6.84. The molecule has 21 heavy (non-hydrogen) atoms. The highest BCUT2D eigenvalue weighted by atomic mass is 127. The van der Waals surface area contributed by atoms with Crippen molar-refractivity contribution in [2.75, 3.05) is 6.61 Å². The Morgan fingerprint density at radius 3 is 2.90 bits per heavy atom. The number of aromatic nitrogens is 2. The molecule has 0 bridgehead atoms. The van der Waals surface area contributed by atoms with Gasteiger partial charge in [-0.3, -0.25) is 0 Å². The molecular formula is C16H18ClIN2O. The number of benzene rings is 1. The van der Waals surface area contributed by atoms with Crippen molar-refractivity contribution in [1.29, 1.82) is 0 Å². The number of hydrogen-bond donors (Lipinski definition) is 0. The van der Waals surface area contributed by atoms with Gasteiger partial charge in [0.15, 0.2) is 0 Å². The second-order valence-electron chi connectivity index (χ2n) is 6.12. The first-order valence-electron chi connectivity index (χ1n) is 7.58. The molecule has 0 spiro atoms. The summed E-state index contributed by atoms with van der Waals surface area (Å²) in [5.41, 5.74) is 2.24. The number of alkyl halides is 1. The minimum atomic E-state index is -0.0875. The van der Waals surface area contributed by atoms with Crippen molar-refractivity contribution in [1.82, 2.24) is 9.55 Å². The van der Waals surface area contributed by atoms with E-state index in [9.17, 15) is 0 Å². The molecule has 2 fully saturated rings. The lowest BCUT2D eigenvalue weighted by atomic mass is 10.1. The van der Waals surface area contributed by atoms with Crippen LogP contribution in [-0.2, 0) is 4.74 Å². The van der Waals surface area contributed by atoms with E-state index in [2.05, 4.69) is 45.4 Å². The van der Waals surface area contributed by atoms with Gasteiger partial charge in [-0.25, -0.2) is 4.98 Å². The smallest absolute Gasteiger partial charge is 0.128 e. The van der Waals surface area contributed by atoms with E-state index < -0.39 is 0 Å². The Bertz CT molecular complexity index is 680. The standard InChI is InChI=1S/C16H18ClIN2O/c1-9(17)16-19-12-8-11(18)4-5-13(12)20(16)14-6-7-21-15(14)10-2-3-10/h4-5,8-10,14-15H,2-3,6-7H2,1H3. The van der Waals surface area contributed by atoms with E-state index in [1.54, 1.807) is 0 Å². The van der Waals surface area contributed by atoms with Gasteiger partial charge in [0.2, 0.25) is 0 Å². The number of imidazole rings is 1. The van der Waals surface area contributed by atoms with Crippen molar-refractivity contribution in [3.05, 3.63) is 27.6 Å². The Morgan fingerprint density at radius 1 is 1.38 bits per heavy atom. The number of fused-ring (bicyclic) bond motifs is 1. The molecule has 1 aromatic carbocycles. The van der Waals surface area contributed by atoms with E-state index in [1.807, 2.05) is 6.92 Å². The summed E-state index contributed by atoms with van der Waals surface area (Å²) in [4.78, 5) is 4.80. The first-order chi connectivity index (χ1) is 10.1. The molecule has 1 saturated heterocycles. The van der Waals surface area contributed by atoms with Crippen LogP contribution in [0.2, 0.25) is 0 Å². The zero-order valence-corrected chi connectivity index (χ0v) is 14.8. The maximum absolute atomic E-state index is 6.41. The molecule has 1 aromatic heterocycles. The Labute approximate surface area is 143 Å². The molecule has 4 rings (SSSR count). The third-order valence-electron chi connectivity index (χ3n) is 4.56. The molecule has 2 heterocycles. The van der Waals surface area contributed by atoms with Gasteiger partial charge in [-0.15, -0.1) is 11.6 Å². The van der Waals surface area contributed by atoms with Crippen LogP contribution in [0.25, 0.3) is 11.0 Å². The molecule has 3 atom stereocenters. The average molecular weight is 417 g/mol. The van der Waals surface area contributed by atoms with Crippen molar-refractivity contribution >= 4 is 45.2 Å². The van der Waals surface area contributed by atoms with Crippen LogP contribution in [0.1, 0.15) is 43.4 Å². The van der Waals surface area contributed by atoms with Crippen LogP contribution in [0.5, 0.6) is 0 Å². The molecule has 112 valence electrons. The number of rotatable bonds is 3. The average Bonchev–Trinajstić information content (AvgIpc) is 3.06. The highest BCUT2D eigenvalue weighted by Crippen LogP contribution is 2.45. The molecule has 1 aliphatic heterocycles. The fourth-order valence-corrected chi connectivity index (χ4v) is 4.10. The van der Waals surface area contributed by atoms with E-state index in [0.29, 0.717) is 12.1 Å². The molecule has 0 amide bonds. The van der Waals surface area contributed by atoms with E-state index in [-0.39, 0.29) is 5.38 Å². The van der Waals surface area contributed by atoms with Crippen LogP contribution >= 0.6 is 34.2 Å². The second-order valence-corrected chi connectivity index (χ2v) is 8.02. The highest BCUT2D eigenvalue weighted by molar-refractivity contribution is 14.1. The zero-order valence-electron chi connectivity index (χ0n) is 11.9. The highest BCUT2D eigenvalue weighted by Gasteiger charge is 2.42. The number of nitrogens with zero attached hydrogens (tertiary/aromatic N) is 2. The molecule has 1 saturated carbocycles. The number of ether oxygens (including phenoxy) is 1. The topological polar surface area (TPSA) is 27.1 Å². The molecule has 2 aromatic rings. The predicted octanol–water partition coefficient (Wildman–Crippen LogP) is 4.68. The van der Waals surface area contributed by atoms with E-state index >= 15 is 0 Å². The Morgan fingerprint density at radius 2 is 2.19 bits per heavy atom. The van der Waals surface area contributed by atoms with Crippen molar-refractivity contribution in [3.63, 3.8) is 0 Å². The molecule has 2 aliphatic rings. The quantitative estimate of drug-likeness (QED) is 0.536. The summed E-state index contributed by atoms with van der Waals surface area (Å²) in [5.74, 6) is 1.71. The Balaban J connectivity index is 1.87. The monoisotopic (exact) mass is 416 g/mol. The van der Waals surface area contributed by atoms with Crippen LogP contribution in [0.15, 0.2) is 18.2 Å². The fraction of sp³-hybridized carbons (Fsp3) is 0.562. The van der Waals surface area contributed by atoms with Gasteiger partial charge in [-0.1, -0.05) is 0 Å². The maximum Gasteiger partial charge on any atom is 0.128 e. The van der Waals surface area contributed by atoms with Crippen LogP contribution < -0.4 is 0 Å². The van der Waals surface area contributed by atoms with E-state index in [0.717, 1.165) is 30.3 Å². The van der Waals surface area contributed by atoms with Gasteiger partial charge in [-0.05, 0) is 72.9 Å². The summed E-state index contributed by atoms with van der Waals surface area (Å²) in [5, 5.41) is -0.0875. The lowest BCUT2D eigenvalue weighted by Gasteiger charge is -2.23. The summed E-state index contributed by atoms with van der Waals surface area (Å²) < 4.78 is 9.60. The van der Waals surface area contributed by atoms with Gasteiger partial charge in [0.05, 0.1) is 28.6 Å².